The van der Waals surface area contributed by atoms with Crippen molar-refractivity contribution in [2.45, 2.75) is 34.1 Å². The van der Waals surface area contributed by atoms with E-state index in [-0.39, 0.29) is 5.41 Å². The van der Waals surface area contributed by atoms with Gasteiger partial charge in [-0.1, -0.05) is 27.7 Å². The molecule has 0 aromatic heterocycles. The highest BCUT2D eigenvalue weighted by atomic mass is 16.1. The van der Waals surface area contributed by atoms with Crippen LogP contribution in [0.2, 0.25) is 0 Å². The maximum atomic E-state index is 10.6. The fourth-order valence-corrected chi connectivity index (χ4v) is 0.585. The summed E-state index contributed by atoms with van der Waals surface area (Å²) in [7, 11) is 0. The lowest BCUT2D eigenvalue weighted by Crippen LogP contribution is -2.33. The molecule has 62 valence electrons. The van der Waals surface area contributed by atoms with E-state index in [0.29, 0.717) is 6.42 Å². The van der Waals surface area contributed by atoms with E-state index < -0.39 is 5.41 Å². The smallest absolute Gasteiger partial charge is 0.126 e. The van der Waals surface area contributed by atoms with Crippen molar-refractivity contribution in [1.29, 1.82) is 5.26 Å². The van der Waals surface area contributed by atoms with Gasteiger partial charge in [-0.2, -0.15) is 5.26 Å². The lowest BCUT2D eigenvalue weighted by atomic mass is 9.67. The van der Waals surface area contributed by atoms with Gasteiger partial charge in [0.15, 0.2) is 0 Å². The Hall–Kier alpha value is -0.840. The summed E-state index contributed by atoms with van der Waals surface area (Å²) >= 11 is 0. The van der Waals surface area contributed by atoms with Gasteiger partial charge in [0, 0.05) is 11.8 Å². The summed E-state index contributed by atoms with van der Waals surface area (Å²) in [6.45, 7) is 7.59. The Balaban J connectivity index is 4.55. The van der Waals surface area contributed by atoms with E-state index in [9.17, 15) is 4.79 Å². The molecule has 0 radical (unpaired) electrons. The molecular weight excluding hydrogens is 138 g/mol. The van der Waals surface area contributed by atoms with Crippen molar-refractivity contribution in [3.63, 3.8) is 0 Å². The SMILES string of the molecule is CC(C)(C=O)C(C)(C)CC#N. The minimum absolute atomic E-state index is 0.233. The minimum atomic E-state index is -0.414. The van der Waals surface area contributed by atoms with Gasteiger partial charge in [0.05, 0.1) is 6.07 Å². The second kappa shape index (κ2) is 3.04. The molecule has 0 aromatic rings. The molecule has 0 aliphatic heterocycles. The number of aldehydes is 1. The van der Waals surface area contributed by atoms with Crippen molar-refractivity contribution < 1.29 is 4.79 Å². The number of hydrogen-bond acceptors (Lipinski definition) is 2. The van der Waals surface area contributed by atoms with E-state index in [1.54, 1.807) is 0 Å². The highest BCUT2D eigenvalue weighted by Gasteiger charge is 2.36. The van der Waals surface area contributed by atoms with Crippen LogP contribution in [0, 0.1) is 22.2 Å². The third kappa shape index (κ3) is 2.04. The first-order chi connectivity index (χ1) is 4.87. The van der Waals surface area contributed by atoms with E-state index in [1.807, 2.05) is 27.7 Å². The zero-order valence-corrected chi connectivity index (χ0v) is 7.64. The van der Waals surface area contributed by atoms with Gasteiger partial charge >= 0.3 is 0 Å². The van der Waals surface area contributed by atoms with Gasteiger partial charge in [-0.3, -0.25) is 0 Å². The van der Waals surface area contributed by atoms with Crippen molar-refractivity contribution >= 4 is 6.29 Å². The van der Waals surface area contributed by atoms with Crippen LogP contribution >= 0.6 is 0 Å². The third-order valence-electron chi connectivity index (χ3n) is 2.56. The lowest BCUT2D eigenvalue weighted by Gasteiger charge is -2.35. The van der Waals surface area contributed by atoms with Gasteiger partial charge in [-0.15, -0.1) is 0 Å². The Kier molecular flexibility index (Phi) is 2.81. The molecule has 0 unspecified atom stereocenters. The molecule has 0 fully saturated rings. The molecule has 0 aliphatic rings. The fourth-order valence-electron chi connectivity index (χ4n) is 0.585. The summed E-state index contributed by atoms with van der Waals surface area (Å²) < 4.78 is 0. The van der Waals surface area contributed by atoms with Crippen molar-refractivity contribution in [3.05, 3.63) is 0 Å². The van der Waals surface area contributed by atoms with Gasteiger partial charge in [-0.25, -0.2) is 0 Å². The quantitative estimate of drug-likeness (QED) is 0.583. The number of nitrogens with zero attached hydrogens (tertiary/aromatic N) is 1. The maximum absolute atomic E-state index is 10.6. The Labute approximate surface area is 68.2 Å². The summed E-state index contributed by atoms with van der Waals surface area (Å²) in [5, 5.41) is 8.49. The van der Waals surface area contributed by atoms with Gasteiger partial charge in [0.25, 0.3) is 0 Å². The van der Waals surface area contributed by atoms with Crippen molar-refractivity contribution in [2.24, 2.45) is 10.8 Å². The van der Waals surface area contributed by atoms with Crippen LogP contribution in [-0.2, 0) is 4.79 Å². The van der Waals surface area contributed by atoms with Crippen molar-refractivity contribution in [1.82, 2.24) is 0 Å². The summed E-state index contributed by atoms with van der Waals surface area (Å²) in [6, 6.07) is 2.09. The van der Waals surface area contributed by atoms with Gasteiger partial charge in [0.1, 0.15) is 6.29 Å². The Bertz CT molecular complexity index is 186. The number of rotatable bonds is 3. The normalized spacial score (nSPS) is 12.3. The van der Waals surface area contributed by atoms with E-state index in [4.69, 9.17) is 5.26 Å². The van der Waals surface area contributed by atoms with Crippen molar-refractivity contribution in [3.8, 4) is 6.07 Å². The van der Waals surface area contributed by atoms with Crippen LogP contribution in [0.4, 0.5) is 0 Å². The van der Waals surface area contributed by atoms with Crippen LogP contribution in [-0.4, -0.2) is 6.29 Å². The molecular formula is C9H15NO. The van der Waals surface area contributed by atoms with E-state index in [2.05, 4.69) is 6.07 Å². The first-order valence-corrected chi connectivity index (χ1v) is 3.71. The van der Waals surface area contributed by atoms with E-state index in [1.165, 1.54) is 0 Å². The molecule has 0 saturated heterocycles. The first kappa shape index (κ1) is 10.2. The second-order valence-electron chi connectivity index (χ2n) is 4.06. The number of hydrogen-bond donors (Lipinski definition) is 0. The van der Waals surface area contributed by atoms with Crippen LogP contribution in [0.1, 0.15) is 34.1 Å². The zero-order chi connectivity index (χ0) is 9.12. The molecule has 0 rings (SSSR count). The monoisotopic (exact) mass is 153 g/mol. The number of carbonyl (C=O) groups excluding carboxylic acids is 1. The van der Waals surface area contributed by atoms with Gasteiger partial charge in [0.2, 0.25) is 0 Å². The summed E-state index contributed by atoms with van der Waals surface area (Å²) in [5.74, 6) is 0. The number of nitriles is 1. The summed E-state index contributed by atoms with van der Waals surface area (Å²) in [4.78, 5) is 10.6. The highest BCUT2D eigenvalue weighted by Crippen LogP contribution is 2.38. The van der Waals surface area contributed by atoms with Crippen LogP contribution < -0.4 is 0 Å². The molecule has 0 bridgehead atoms. The van der Waals surface area contributed by atoms with Crippen LogP contribution in [0.5, 0.6) is 0 Å². The van der Waals surface area contributed by atoms with Gasteiger partial charge in [-0.05, 0) is 5.41 Å². The fraction of sp³-hybridized carbons (Fsp3) is 0.778. The lowest BCUT2D eigenvalue weighted by molar-refractivity contribution is -0.119. The standard InChI is InChI=1S/C9H15NO/c1-8(2,5-6-10)9(3,4)7-11/h7H,5H2,1-4H3. The molecule has 0 atom stereocenters. The Morgan fingerprint density at radius 3 is 2.09 bits per heavy atom. The molecule has 0 aromatic carbocycles. The average Bonchev–Trinajstić information content (AvgIpc) is 1.87. The topological polar surface area (TPSA) is 40.9 Å². The molecule has 0 heterocycles. The van der Waals surface area contributed by atoms with Crippen LogP contribution in [0.15, 0.2) is 0 Å². The Morgan fingerprint density at radius 2 is 1.82 bits per heavy atom. The van der Waals surface area contributed by atoms with Crippen molar-refractivity contribution in [2.75, 3.05) is 0 Å². The van der Waals surface area contributed by atoms with Crippen LogP contribution in [0.3, 0.4) is 0 Å². The molecule has 0 spiro atoms. The highest BCUT2D eigenvalue weighted by molar-refractivity contribution is 5.59. The molecule has 0 amide bonds. The predicted molar refractivity (Wildman–Crippen MR) is 43.9 cm³/mol. The molecule has 0 saturated carbocycles. The van der Waals surface area contributed by atoms with Crippen LogP contribution in [0.25, 0.3) is 0 Å². The average molecular weight is 153 g/mol. The second-order valence-corrected chi connectivity index (χ2v) is 4.06. The summed E-state index contributed by atoms with van der Waals surface area (Å²) in [5.41, 5.74) is -0.647. The first-order valence-electron chi connectivity index (χ1n) is 3.71. The minimum Gasteiger partial charge on any atom is -0.303 e. The zero-order valence-electron chi connectivity index (χ0n) is 7.64. The molecule has 0 N–H and O–H groups in total. The Morgan fingerprint density at radius 1 is 1.36 bits per heavy atom. The molecule has 2 heteroatoms. The molecule has 0 aliphatic carbocycles. The number of carbonyl (C=O) groups is 1. The van der Waals surface area contributed by atoms with E-state index in [0.717, 1.165) is 6.29 Å². The predicted octanol–water partition coefficient (Wildman–Crippen LogP) is 2.15. The summed E-state index contributed by atoms with van der Waals surface area (Å²) in [6.07, 6.45) is 1.34. The maximum Gasteiger partial charge on any atom is 0.126 e. The van der Waals surface area contributed by atoms with E-state index >= 15 is 0 Å². The van der Waals surface area contributed by atoms with Gasteiger partial charge < -0.3 is 4.79 Å². The largest absolute Gasteiger partial charge is 0.303 e. The molecule has 2 nitrogen and oxygen atoms in total. The molecule has 11 heavy (non-hydrogen) atoms. The third-order valence-corrected chi connectivity index (χ3v) is 2.56.